The predicted molar refractivity (Wildman–Crippen MR) is 114 cm³/mol. The third kappa shape index (κ3) is 6.05. The Morgan fingerprint density at radius 3 is 2.36 bits per heavy atom. The number of halogens is 2. The monoisotopic (exact) mass is 443 g/mol. The van der Waals surface area contributed by atoms with Crippen LogP contribution < -0.4 is 30.4 Å². The SMILES string of the molecule is COc1ccc(NC(=S)NNC(=O)[C@@H](C)Oc2ccc(Cl)c(Cl)c2)cc1OC. The Kier molecular flexibility index (Phi) is 7.98. The molecule has 0 saturated heterocycles. The second-order valence-electron chi connectivity index (χ2n) is 5.47. The van der Waals surface area contributed by atoms with Crippen LogP contribution in [0.15, 0.2) is 36.4 Å². The van der Waals surface area contributed by atoms with E-state index in [1.54, 1.807) is 44.4 Å². The molecule has 2 rings (SSSR count). The Labute approximate surface area is 178 Å². The molecular formula is C18H19Cl2N3O4S. The molecule has 0 aromatic heterocycles. The van der Waals surface area contributed by atoms with Crippen LogP contribution >= 0.6 is 35.4 Å². The van der Waals surface area contributed by atoms with Crippen LogP contribution in [0.25, 0.3) is 0 Å². The normalized spacial score (nSPS) is 11.2. The fraction of sp³-hybridized carbons (Fsp3) is 0.222. The van der Waals surface area contributed by atoms with Crippen LogP contribution in [0.4, 0.5) is 5.69 Å². The number of hydrogen-bond donors (Lipinski definition) is 3. The van der Waals surface area contributed by atoms with E-state index in [0.29, 0.717) is 33.0 Å². The highest BCUT2D eigenvalue weighted by atomic mass is 35.5. The molecule has 0 saturated carbocycles. The van der Waals surface area contributed by atoms with Gasteiger partial charge in [0.1, 0.15) is 5.75 Å². The first-order chi connectivity index (χ1) is 13.3. The summed E-state index contributed by atoms with van der Waals surface area (Å²) in [4.78, 5) is 12.2. The highest BCUT2D eigenvalue weighted by Gasteiger charge is 2.15. The van der Waals surface area contributed by atoms with Crippen molar-refractivity contribution in [1.82, 2.24) is 10.9 Å². The predicted octanol–water partition coefficient (Wildman–Crippen LogP) is 3.80. The summed E-state index contributed by atoms with van der Waals surface area (Å²) in [5, 5.41) is 3.85. The van der Waals surface area contributed by atoms with Crippen LogP contribution in [-0.2, 0) is 4.79 Å². The molecule has 1 atom stereocenters. The highest BCUT2D eigenvalue weighted by Crippen LogP contribution is 2.29. The fourth-order valence-electron chi connectivity index (χ4n) is 2.10. The van der Waals surface area contributed by atoms with E-state index in [2.05, 4.69) is 16.2 Å². The average molecular weight is 444 g/mol. The number of thiocarbonyl (C=S) groups is 1. The second-order valence-corrected chi connectivity index (χ2v) is 6.70. The van der Waals surface area contributed by atoms with Crippen LogP contribution in [-0.4, -0.2) is 31.3 Å². The van der Waals surface area contributed by atoms with Gasteiger partial charge in [-0.15, -0.1) is 0 Å². The number of carbonyl (C=O) groups is 1. The average Bonchev–Trinajstić information content (AvgIpc) is 2.68. The number of anilines is 1. The van der Waals surface area contributed by atoms with Crippen LogP contribution in [0.2, 0.25) is 10.0 Å². The molecular weight excluding hydrogens is 425 g/mol. The molecule has 2 aromatic carbocycles. The number of carbonyl (C=O) groups excluding carboxylic acids is 1. The lowest BCUT2D eigenvalue weighted by Crippen LogP contribution is -2.48. The number of methoxy groups -OCH3 is 2. The van der Waals surface area contributed by atoms with Gasteiger partial charge in [0.2, 0.25) is 0 Å². The molecule has 28 heavy (non-hydrogen) atoms. The Morgan fingerprint density at radius 2 is 1.71 bits per heavy atom. The quantitative estimate of drug-likeness (QED) is 0.462. The molecule has 0 heterocycles. The van der Waals surface area contributed by atoms with Gasteiger partial charge in [-0.05, 0) is 43.4 Å². The minimum Gasteiger partial charge on any atom is -0.493 e. The van der Waals surface area contributed by atoms with Crippen molar-refractivity contribution in [3.05, 3.63) is 46.4 Å². The van der Waals surface area contributed by atoms with Gasteiger partial charge >= 0.3 is 0 Å². The molecule has 0 spiro atoms. The first-order valence-corrected chi connectivity index (χ1v) is 9.21. The number of nitrogens with one attached hydrogen (secondary N) is 3. The van der Waals surface area contributed by atoms with E-state index in [1.807, 2.05) is 0 Å². The van der Waals surface area contributed by atoms with Gasteiger partial charge in [-0.3, -0.25) is 15.6 Å². The van der Waals surface area contributed by atoms with Gasteiger partial charge in [0.05, 0.1) is 24.3 Å². The fourth-order valence-corrected chi connectivity index (χ4v) is 2.56. The summed E-state index contributed by atoms with van der Waals surface area (Å²) in [5.74, 6) is 1.13. The number of benzene rings is 2. The van der Waals surface area contributed by atoms with E-state index >= 15 is 0 Å². The smallest absolute Gasteiger partial charge is 0.279 e. The van der Waals surface area contributed by atoms with Crippen LogP contribution in [0.5, 0.6) is 17.2 Å². The van der Waals surface area contributed by atoms with Crippen LogP contribution in [0, 0.1) is 0 Å². The summed E-state index contributed by atoms with van der Waals surface area (Å²) in [5.41, 5.74) is 5.73. The van der Waals surface area contributed by atoms with Gasteiger partial charge in [0.25, 0.3) is 5.91 Å². The third-order valence-corrected chi connectivity index (χ3v) is 4.46. The molecule has 7 nitrogen and oxygen atoms in total. The lowest BCUT2D eigenvalue weighted by molar-refractivity contribution is -0.127. The third-order valence-electron chi connectivity index (χ3n) is 3.51. The lowest BCUT2D eigenvalue weighted by atomic mass is 10.3. The largest absolute Gasteiger partial charge is 0.493 e. The van der Waals surface area contributed by atoms with Gasteiger partial charge in [0.15, 0.2) is 22.7 Å². The summed E-state index contributed by atoms with van der Waals surface area (Å²) in [6.07, 6.45) is -0.798. The zero-order valence-corrected chi connectivity index (χ0v) is 17.7. The highest BCUT2D eigenvalue weighted by molar-refractivity contribution is 7.80. The van der Waals surface area contributed by atoms with Gasteiger partial charge in [-0.25, -0.2) is 0 Å². The van der Waals surface area contributed by atoms with Crippen molar-refractivity contribution in [3.63, 3.8) is 0 Å². The van der Waals surface area contributed by atoms with Crippen LogP contribution in [0.1, 0.15) is 6.92 Å². The Balaban J connectivity index is 1.86. The topological polar surface area (TPSA) is 80.9 Å². The summed E-state index contributed by atoms with van der Waals surface area (Å²) >= 11 is 16.9. The summed E-state index contributed by atoms with van der Waals surface area (Å²) in [7, 11) is 3.08. The maximum Gasteiger partial charge on any atom is 0.279 e. The van der Waals surface area contributed by atoms with E-state index in [9.17, 15) is 4.79 Å². The molecule has 0 aliphatic rings. The standard InChI is InChI=1S/C18H19Cl2N3O4S/c1-10(27-12-5-6-13(19)14(20)9-12)17(24)22-23-18(28)21-11-4-7-15(25-2)16(8-11)26-3/h4-10H,1-3H3,(H,22,24)(H2,21,23,28)/t10-/m1/s1. The van der Waals surface area contributed by atoms with E-state index < -0.39 is 12.0 Å². The number of amides is 1. The number of hydrogen-bond acceptors (Lipinski definition) is 5. The van der Waals surface area contributed by atoms with Crippen molar-refractivity contribution in [2.75, 3.05) is 19.5 Å². The molecule has 2 aromatic rings. The van der Waals surface area contributed by atoms with Gasteiger partial charge in [-0.2, -0.15) is 0 Å². The Morgan fingerprint density at radius 1 is 1.00 bits per heavy atom. The van der Waals surface area contributed by atoms with Crippen LogP contribution in [0.3, 0.4) is 0 Å². The second kappa shape index (κ2) is 10.2. The zero-order valence-electron chi connectivity index (χ0n) is 15.3. The summed E-state index contributed by atoms with van der Waals surface area (Å²) in [6.45, 7) is 1.59. The van der Waals surface area contributed by atoms with Gasteiger partial charge in [-0.1, -0.05) is 23.2 Å². The molecule has 150 valence electrons. The number of rotatable bonds is 6. The van der Waals surface area contributed by atoms with E-state index in [1.165, 1.54) is 13.2 Å². The van der Waals surface area contributed by atoms with E-state index in [4.69, 9.17) is 49.6 Å². The van der Waals surface area contributed by atoms with Crippen molar-refractivity contribution in [2.24, 2.45) is 0 Å². The van der Waals surface area contributed by atoms with Crippen molar-refractivity contribution in [3.8, 4) is 17.2 Å². The molecule has 0 unspecified atom stereocenters. The Hall–Kier alpha value is -2.42. The minimum absolute atomic E-state index is 0.183. The molecule has 0 aliphatic carbocycles. The molecule has 1 amide bonds. The maximum absolute atomic E-state index is 12.2. The molecule has 0 radical (unpaired) electrons. The number of hydrazine groups is 1. The molecule has 3 N–H and O–H groups in total. The lowest BCUT2D eigenvalue weighted by Gasteiger charge is -2.17. The van der Waals surface area contributed by atoms with E-state index in [-0.39, 0.29) is 5.11 Å². The summed E-state index contributed by atoms with van der Waals surface area (Å²) < 4.78 is 15.9. The van der Waals surface area contributed by atoms with Crippen molar-refractivity contribution < 1.29 is 19.0 Å². The molecule has 0 aliphatic heterocycles. The maximum atomic E-state index is 12.2. The summed E-state index contributed by atoms with van der Waals surface area (Å²) in [6, 6.07) is 9.94. The van der Waals surface area contributed by atoms with Crippen molar-refractivity contribution >= 4 is 52.1 Å². The number of ether oxygens (including phenoxy) is 3. The first-order valence-electron chi connectivity index (χ1n) is 8.04. The van der Waals surface area contributed by atoms with E-state index in [0.717, 1.165) is 0 Å². The molecule has 10 heteroatoms. The molecule has 0 bridgehead atoms. The zero-order chi connectivity index (χ0) is 20.7. The van der Waals surface area contributed by atoms with Crippen molar-refractivity contribution in [2.45, 2.75) is 13.0 Å². The Bertz CT molecular complexity index is 867. The van der Waals surface area contributed by atoms with Gasteiger partial charge in [0, 0.05) is 17.8 Å². The minimum atomic E-state index is -0.798. The van der Waals surface area contributed by atoms with Crippen molar-refractivity contribution in [1.29, 1.82) is 0 Å². The molecule has 0 fully saturated rings. The first kappa shape index (κ1) is 21.9. The van der Waals surface area contributed by atoms with Gasteiger partial charge < -0.3 is 19.5 Å².